The van der Waals surface area contributed by atoms with Gasteiger partial charge in [0.1, 0.15) is 4.99 Å². The Kier molecular flexibility index (Phi) is 3.33. The highest BCUT2D eigenvalue weighted by Crippen LogP contribution is 2.51. The van der Waals surface area contributed by atoms with Crippen molar-refractivity contribution in [3.8, 4) is 0 Å². The third-order valence-corrected chi connectivity index (χ3v) is 3.98. The number of thiocarbonyl (C=S) groups is 1. The second-order valence-electron chi connectivity index (χ2n) is 5.16. The van der Waals surface area contributed by atoms with E-state index in [-0.39, 0.29) is 0 Å². The number of pyridine rings is 1. The van der Waals surface area contributed by atoms with Crippen LogP contribution in [0.4, 0.5) is 5.69 Å². The Hall–Kier alpha value is -1.16. The molecule has 4 heteroatoms. The quantitative estimate of drug-likeness (QED) is 0.787. The Balaban J connectivity index is 2.00. The van der Waals surface area contributed by atoms with Gasteiger partial charge in [-0.1, -0.05) is 26.1 Å². The molecule has 0 bridgehead atoms. The fourth-order valence-electron chi connectivity index (χ4n) is 2.07. The number of nitrogens with one attached hydrogen (secondary N) is 1. The van der Waals surface area contributed by atoms with Crippen LogP contribution >= 0.6 is 12.2 Å². The molecular weight excluding hydrogens is 230 g/mol. The lowest BCUT2D eigenvalue weighted by Gasteiger charge is -2.20. The molecule has 1 fully saturated rings. The summed E-state index contributed by atoms with van der Waals surface area (Å²) < 4.78 is 0. The molecule has 0 unspecified atom stereocenters. The van der Waals surface area contributed by atoms with Gasteiger partial charge < -0.3 is 11.1 Å². The minimum atomic E-state index is 0.346. The summed E-state index contributed by atoms with van der Waals surface area (Å²) in [5.74, 6) is 0.729. The van der Waals surface area contributed by atoms with Gasteiger partial charge in [0.2, 0.25) is 0 Å². The van der Waals surface area contributed by atoms with E-state index in [2.05, 4.69) is 24.1 Å². The van der Waals surface area contributed by atoms with Gasteiger partial charge in [-0.05, 0) is 36.3 Å². The topological polar surface area (TPSA) is 50.9 Å². The first-order valence-corrected chi connectivity index (χ1v) is 6.44. The van der Waals surface area contributed by atoms with Crippen LogP contribution in [0, 0.1) is 11.3 Å². The highest BCUT2D eigenvalue weighted by molar-refractivity contribution is 7.80. The molecule has 1 saturated carbocycles. The van der Waals surface area contributed by atoms with E-state index in [1.807, 2.05) is 12.1 Å². The van der Waals surface area contributed by atoms with E-state index in [1.54, 1.807) is 6.20 Å². The molecule has 92 valence electrons. The maximum absolute atomic E-state index is 5.57. The number of nitrogens with two attached hydrogens (primary N) is 1. The van der Waals surface area contributed by atoms with E-state index in [1.165, 1.54) is 12.8 Å². The highest BCUT2D eigenvalue weighted by Gasteiger charge is 2.44. The van der Waals surface area contributed by atoms with Crippen molar-refractivity contribution in [1.82, 2.24) is 4.98 Å². The predicted octanol–water partition coefficient (Wildman–Crippen LogP) is 2.56. The molecule has 3 N–H and O–H groups in total. The van der Waals surface area contributed by atoms with Crippen LogP contribution in [0.1, 0.15) is 32.4 Å². The van der Waals surface area contributed by atoms with Gasteiger partial charge in [-0.2, -0.15) is 0 Å². The van der Waals surface area contributed by atoms with Gasteiger partial charge in [0, 0.05) is 18.4 Å². The predicted molar refractivity (Wildman–Crippen MR) is 75.1 cm³/mol. The van der Waals surface area contributed by atoms with Crippen molar-refractivity contribution in [3.63, 3.8) is 0 Å². The summed E-state index contributed by atoms with van der Waals surface area (Å²) in [6.45, 7) is 5.61. The second-order valence-corrected chi connectivity index (χ2v) is 5.60. The van der Waals surface area contributed by atoms with Gasteiger partial charge in [0.15, 0.2) is 0 Å². The summed E-state index contributed by atoms with van der Waals surface area (Å²) in [7, 11) is 0. The fraction of sp³-hybridized carbons (Fsp3) is 0.538. The largest absolute Gasteiger partial charge is 0.388 e. The van der Waals surface area contributed by atoms with Crippen LogP contribution in [0.15, 0.2) is 18.3 Å². The molecule has 17 heavy (non-hydrogen) atoms. The van der Waals surface area contributed by atoms with Gasteiger partial charge in [-0.25, -0.2) is 0 Å². The molecule has 1 aromatic heterocycles. The molecule has 0 spiro atoms. The average molecular weight is 249 g/mol. The van der Waals surface area contributed by atoms with Crippen molar-refractivity contribution >= 4 is 22.9 Å². The van der Waals surface area contributed by atoms with Crippen molar-refractivity contribution in [2.75, 3.05) is 11.9 Å². The molecule has 1 aliphatic carbocycles. The molecule has 0 aromatic carbocycles. The minimum absolute atomic E-state index is 0.346. The van der Waals surface area contributed by atoms with Gasteiger partial charge in [-0.15, -0.1) is 0 Å². The molecule has 0 radical (unpaired) electrons. The van der Waals surface area contributed by atoms with E-state index in [0.717, 1.165) is 18.2 Å². The zero-order chi connectivity index (χ0) is 12.5. The van der Waals surface area contributed by atoms with Gasteiger partial charge in [0.25, 0.3) is 0 Å². The first-order chi connectivity index (χ1) is 8.03. The van der Waals surface area contributed by atoms with E-state index < -0.39 is 0 Å². The molecule has 0 saturated heterocycles. The molecular formula is C13H19N3S. The number of rotatable bonds is 5. The van der Waals surface area contributed by atoms with Crippen molar-refractivity contribution in [2.45, 2.75) is 26.7 Å². The van der Waals surface area contributed by atoms with Crippen molar-refractivity contribution < 1.29 is 0 Å². The summed E-state index contributed by atoms with van der Waals surface area (Å²) in [6.07, 6.45) is 4.39. The molecule has 0 amide bonds. The van der Waals surface area contributed by atoms with Crippen LogP contribution in [0.2, 0.25) is 0 Å². The number of nitrogens with zero attached hydrogens (tertiary/aromatic N) is 1. The normalized spacial score (nSPS) is 16.9. The zero-order valence-electron chi connectivity index (χ0n) is 10.4. The fourth-order valence-corrected chi connectivity index (χ4v) is 2.18. The van der Waals surface area contributed by atoms with Crippen molar-refractivity contribution in [2.24, 2.45) is 17.1 Å². The minimum Gasteiger partial charge on any atom is -0.388 e. The van der Waals surface area contributed by atoms with Crippen LogP contribution in [0.25, 0.3) is 0 Å². The standard InChI is InChI=1S/C13H19N3S/c1-9(2)13(4-5-13)8-16-10-3-6-15-11(7-10)12(14)17/h3,6-7,9H,4-5,8H2,1-2H3,(H2,14,17)(H,15,16). The third kappa shape index (κ3) is 2.75. The third-order valence-electron chi connectivity index (χ3n) is 3.77. The van der Waals surface area contributed by atoms with E-state index >= 15 is 0 Å². The Labute approximate surface area is 108 Å². The Bertz CT molecular complexity index is 424. The lowest BCUT2D eigenvalue weighted by molar-refractivity contribution is 0.380. The number of hydrogen-bond donors (Lipinski definition) is 2. The van der Waals surface area contributed by atoms with Crippen molar-refractivity contribution in [3.05, 3.63) is 24.0 Å². The van der Waals surface area contributed by atoms with E-state index in [0.29, 0.717) is 16.1 Å². The average Bonchev–Trinajstić information content (AvgIpc) is 3.08. The van der Waals surface area contributed by atoms with Crippen LogP contribution < -0.4 is 11.1 Å². The van der Waals surface area contributed by atoms with Crippen molar-refractivity contribution in [1.29, 1.82) is 0 Å². The lowest BCUT2D eigenvalue weighted by atomic mass is 9.92. The molecule has 0 aliphatic heterocycles. The molecule has 2 rings (SSSR count). The first-order valence-electron chi connectivity index (χ1n) is 6.03. The molecule has 1 heterocycles. The highest BCUT2D eigenvalue weighted by atomic mass is 32.1. The summed E-state index contributed by atoms with van der Waals surface area (Å²) in [5, 5.41) is 3.47. The molecule has 3 nitrogen and oxygen atoms in total. The van der Waals surface area contributed by atoms with Crippen LogP contribution in [0.3, 0.4) is 0 Å². The number of aromatic nitrogens is 1. The summed E-state index contributed by atoms with van der Waals surface area (Å²) in [4.78, 5) is 4.47. The van der Waals surface area contributed by atoms with Gasteiger partial charge in [0.05, 0.1) is 5.69 Å². The molecule has 0 atom stereocenters. The van der Waals surface area contributed by atoms with Crippen LogP contribution in [0.5, 0.6) is 0 Å². The Morgan fingerprint density at radius 3 is 2.82 bits per heavy atom. The van der Waals surface area contributed by atoms with Crippen LogP contribution in [-0.4, -0.2) is 16.5 Å². The van der Waals surface area contributed by atoms with Gasteiger partial charge in [-0.3, -0.25) is 4.98 Å². The second kappa shape index (κ2) is 4.61. The Morgan fingerprint density at radius 2 is 2.29 bits per heavy atom. The lowest BCUT2D eigenvalue weighted by Crippen LogP contribution is -2.21. The van der Waals surface area contributed by atoms with E-state index in [9.17, 15) is 0 Å². The maximum Gasteiger partial charge on any atom is 0.122 e. The number of hydrogen-bond acceptors (Lipinski definition) is 3. The monoisotopic (exact) mass is 249 g/mol. The summed E-state index contributed by atoms with van der Waals surface area (Å²) in [5.41, 5.74) is 7.79. The molecule has 1 aromatic rings. The summed E-state index contributed by atoms with van der Waals surface area (Å²) in [6, 6.07) is 3.87. The Morgan fingerprint density at radius 1 is 1.59 bits per heavy atom. The smallest absolute Gasteiger partial charge is 0.122 e. The SMILES string of the molecule is CC(C)C1(CNc2ccnc(C(N)=S)c2)CC1. The zero-order valence-corrected chi connectivity index (χ0v) is 11.2. The molecule has 1 aliphatic rings. The van der Waals surface area contributed by atoms with Gasteiger partial charge >= 0.3 is 0 Å². The number of anilines is 1. The summed E-state index contributed by atoms with van der Waals surface area (Å²) >= 11 is 4.92. The van der Waals surface area contributed by atoms with Crippen LogP contribution in [-0.2, 0) is 0 Å². The van der Waals surface area contributed by atoms with E-state index in [4.69, 9.17) is 18.0 Å². The maximum atomic E-state index is 5.57. The first kappa shape index (κ1) is 12.3.